The molecule has 0 aliphatic rings. The highest BCUT2D eigenvalue weighted by Crippen LogP contribution is 2.30. The van der Waals surface area contributed by atoms with Crippen molar-refractivity contribution in [2.24, 2.45) is 0 Å². The van der Waals surface area contributed by atoms with Crippen molar-refractivity contribution in [3.63, 3.8) is 0 Å². The average molecular weight is 313 g/mol. The van der Waals surface area contributed by atoms with Crippen molar-refractivity contribution in [2.75, 3.05) is 13.2 Å². The second kappa shape index (κ2) is 6.55. The summed E-state index contributed by atoms with van der Waals surface area (Å²) in [6, 6.07) is 6.04. The third kappa shape index (κ3) is 4.03. The van der Waals surface area contributed by atoms with E-state index >= 15 is 0 Å². The minimum atomic E-state index is -4.37. The van der Waals surface area contributed by atoms with Gasteiger partial charge in [0, 0.05) is 5.56 Å². The van der Waals surface area contributed by atoms with Gasteiger partial charge in [-0.25, -0.2) is 0 Å². The fourth-order valence-corrected chi connectivity index (χ4v) is 1.76. The van der Waals surface area contributed by atoms with Gasteiger partial charge in [-0.15, -0.1) is 0 Å². The minimum Gasteiger partial charge on any atom is -0.492 e. The van der Waals surface area contributed by atoms with Crippen LogP contribution in [0.25, 0.3) is 0 Å². The Morgan fingerprint density at radius 1 is 1.23 bits per heavy atom. The maximum absolute atomic E-state index is 12.4. The quantitative estimate of drug-likeness (QED) is 0.861. The third-order valence-corrected chi connectivity index (χ3v) is 2.91. The van der Waals surface area contributed by atoms with Crippen LogP contribution in [0.1, 0.15) is 21.7 Å². The molecule has 4 nitrogen and oxygen atoms in total. The fraction of sp³-hybridized carbons (Fsp3) is 0.267. The van der Waals surface area contributed by atoms with Gasteiger partial charge in [-0.05, 0) is 37.3 Å². The van der Waals surface area contributed by atoms with E-state index in [9.17, 15) is 18.0 Å². The summed E-state index contributed by atoms with van der Waals surface area (Å²) in [5, 5.41) is 2.59. The molecule has 22 heavy (non-hydrogen) atoms. The van der Waals surface area contributed by atoms with Crippen LogP contribution in [0.4, 0.5) is 13.2 Å². The molecular formula is C15H14F3NO3. The summed E-state index contributed by atoms with van der Waals surface area (Å²) in [7, 11) is 0. The van der Waals surface area contributed by atoms with E-state index in [1.165, 1.54) is 18.4 Å². The zero-order chi connectivity index (χ0) is 16.2. The monoisotopic (exact) mass is 313 g/mol. The Kier molecular flexibility index (Phi) is 4.75. The number of amides is 1. The number of furan rings is 1. The molecule has 118 valence electrons. The van der Waals surface area contributed by atoms with E-state index in [1.54, 1.807) is 13.0 Å². The topological polar surface area (TPSA) is 51.5 Å². The van der Waals surface area contributed by atoms with Crippen LogP contribution in [-0.4, -0.2) is 19.1 Å². The first kappa shape index (κ1) is 15.9. The van der Waals surface area contributed by atoms with Gasteiger partial charge < -0.3 is 14.5 Å². The molecule has 0 spiro atoms. The highest BCUT2D eigenvalue weighted by atomic mass is 19.4. The SMILES string of the molecule is Cc1ccoc1C(=O)NCCOc1ccc(C(F)(F)F)cc1. The minimum absolute atomic E-state index is 0.136. The van der Waals surface area contributed by atoms with Gasteiger partial charge in [0.15, 0.2) is 5.76 Å². The second-order valence-electron chi connectivity index (χ2n) is 4.56. The Hall–Kier alpha value is -2.44. The number of carbonyl (C=O) groups is 1. The zero-order valence-electron chi connectivity index (χ0n) is 11.7. The number of hydrogen-bond donors (Lipinski definition) is 1. The van der Waals surface area contributed by atoms with Crippen molar-refractivity contribution in [2.45, 2.75) is 13.1 Å². The number of benzene rings is 1. The van der Waals surface area contributed by atoms with Gasteiger partial charge in [0.1, 0.15) is 12.4 Å². The van der Waals surface area contributed by atoms with Crippen LogP contribution in [0.3, 0.4) is 0 Å². The Morgan fingerprint density at radius 3 is 2.45 bits per heavy atom. The first-order valence-electron chi connectivity index (χ1n) is 6.50. The van der Waals surface area contributed by atoms with Crippen LogP contribution in [0.15, 0.2) is 41.0 Å². The molecule has 1 amide bonds. The molecule has 0 unspecified atom stereocenters. The number of hydrogen-bond acceptors (Lipinski definition) is 3. The largest absolute Gasteiger partial charge is 0.492 e. The van der Waals surface area contributed by atoms with Gasteiger partial charge >= 0.3 is 6.18 Å². The van der Waals surface area contributed by atoms with Crippen molar-refractivity contribution in [3.05, 3.63) is 53.5 Å². The molecule has 7 heteroatoms. The lowest BCUT2D eigenvalue weighted by atomic mass is 10.2. The van der Waals surface area contributed by atoms with Crippen LogP contribution >= 0.6 is 0 Å². The predicted molar refractivity (Wildman–Crippen MR) is 72.7 cm³/mol. The molecule has 2 rings (SSSR count). The maximum atomic E-state index is 12.4. The van der Waals surface area contributed by atoms with E-state index in [0.29, 0.717) is 5.75 Å². The van der Waals surface area contributed by atoms with E-state index in [4.69, 9.17) is 9.15 Å². The Bertz CT molecular complexity index is 632. The predicted octanol–water partition coefficient (Wildman–Crippen LogP) is 3.42. The van der Waals surface area contributed by atoms with Gasteiger partial charge in [0.2, 0.25) is 0 Å². The van der Waals surface area contributed by atoms with Gasteiger partial charge in [-0.2, -0.15) is 13.2 Å². The molecule has 2 aromatic rings. The van der Waals surface area contributed by atoms with Crippen molar-refractivity contribution < 1.29 is 27.1 Å². The molecule has 0 saturated heterocycles. The van der Waals surface area contributed by atoms with Crippen LogP contribution < -0.4 is 10.1 Å². The summed E-state index contributed by atoms with van der Waals surface area (Å²) < 4.78 is 47.4. The summed E-state index contributed by atoms with van der Waals surface area (Å²) in [4.78, 5) is 11.7. The van der Waals surface area contributed by atoms with Crippen molar-refractivity contribution in [1.82, 2.24) is 5.32 Å². The van der Waals surface area contributed by atoms with Gasteiger partial charge in [-0.3, -0.25) is 4.79 Å². The smallest absolute Gasteiger partial charge is 0.416 e. The second-order valence-corrected chi connectivity index (χ2v) is 4.56. The normalized spacial score (nSPS) is 11.3. The standard InChI is InChI=1S/C15H14F3NO3/c1-10-6-8-22-13(10)14(20)19-7-9-21-12-4-2-11(3-5-12)15(16,17)18/h2-6,8H,7,9H2,1H3,(H,19,20). The number of rotatable bonds is 5. The molecular weight excluding hydrogens is 299 g/mol. The molecule has 0 radical (unpaired) electrons. The number of aryl methyl sites for hydroxylation is 1. The van der Waals surface area contributed by atoms with E-state index < -0.39 is 11.7 Å². The van der Waals surface area contributed by atoms with E-state index in [1.807, 2.05) is 0 Å². The fourth-order valence-electron chi connectivity index (χ4n) is 1.76. The first-order chi connectivity index (χ1) is 10.4. The number of halogens is 3. The van der Waals surface area contributed by atoms with Crippen LogP contribution in [-0.2, 0) is 6.18 Å². The number of ether oxygens (including phenoxy) is 1. The molecule has 0 saturated carbocycles. The van der Waals surface area contributed by atoms with Gasteiger partial charge in [-0.1, -0.05) is 0 Å². The van der Waals surface area contributed by atoms with Crippen molar-refractivity contribution in [1.29, 1.82) is 0 Å². The Morgan fingerprint density at radius 2 is 1.91 bits per heavy atom. The summed E-state index contributed by atoms with van der Waals surface area (Å²) in [5.74, 6) is 0.171. The molecule has 0 fully saturated rings. The molecule has 0 atom stereocenters. The van der Waals surface area contributed by atoms with Crippen molar-refractivity contribution >= 4 is 5.91 Å². The first-order valence-corrected chi connectivity index (χ1v) is 6.50. The molecule has 1 N–H and O–H groups in total. The van der Waals surface area contributed by atoms with Gasteiger partial charge in [0.25, 0.3) is 5.91 Å². The number of alkyl halides is 3. The van der Waals surface area contributed by atoms with Crippen LogP contribution in [0, 0.1) is 6.92 Å². The summed E-state index contributed by atoms with van der Waals surface area (Å²) in [6.45, 7) is 2.09. The highest BCUT2D eigenvalue weighted by molar-refractivity contribution is 5.92. The summed E-state index contributed by atoms with van der Waals surface area (Å²) >= 11 is 0. The van der Waals surface area contributed by atoms with Crippen LogP contribution in [0.5, 0.6) is 5.75 Å². The number of nitrogens with one attached hydrogen (secondary N) is 1. The Labute approximate surface area is 124 Å². The van der Waals surface area contributed by atoms with Crippen molar-refractivity contribution in [3.8, 4) is 5.75 Å². The van der Waals surface area contributed by atoms with E-state index in [2.05, 4.69) is 5.32 Å². The highest BCUT2D eigenvalue weighted by Gasteiger charge is 2.29. The molecule has 1 aromatic heterocycles. The third-order valence-electron chi connectivity index (χ3n) is 2.91. The molecule has 0 aliphatic carbocycles. The van der Waals surface area contributed by atoms with E-state index in [-0.39, 0.29) is 24.8 Å². The lowest BCUT2D eigenvalue weighted by molar-refractivity contribution is -0.137. The summed E-state index contributed by atoms with van der Waals surface area (Å²) in [5.41, 5.74) is -0.0115. The Balaban J connectivity index is 1.77. The van der Waals surface area contributed by atoms with Gasteiger partial charge in [0.05, 0.1) is 18.4 Å². The maximum Gasteiger partial charge on any atom is 0.416 e. The lowest BCUT2D eigenvalue weighted by Gasteiger charge is -2.09. The zero-order valence-corrected chi connectivity index (χ0v) is 11.7. The van der Waals surface area contributed by atoms with Crippen LogP contribution in [0.2, 0.25) is 0 Å². The molecule has 1 heterocycles. The molecule has 0 bridgehead atoms. The average Bonchev–Trinajstić information content (AvgIpc) is 2.89. The number of carbonyl (C=O) groups excluding carboxylic acids is 1. The molecule has 0 aliphatic heterocycles. The van der Waals surface area contributed by atoms with E-state index in [0.717, 1.165) is 17.7 Å². The summed E-state index contributed by atoms with van der Waals surface area (Å²) in [6.07, 6.45) is -2.95. The lowest BCUT2D eigenvalue weighted by Crippen LogP contribution is -2.28. The molecule has 1 aromatic carbocycles.